The first-order valence-electron chi connectivity index (χ1n) is 13.7. The van der Waals surface area contributed by atoms with Crippen LogP contribution in [0, 0.1) is 0 Å². The van der Waals surface area contributed by atoms with E-state index in [1.807, 2.05) is 4.90 Å². The number of carbonyl (C=O) groups excluding carboxylic acids is 2. The predicted molar refractivity (Wildman–Crippen MR) is 142 cm³/mol. The number of halogens is 2. The molecule has 0 atom stereocenters. The molecule has 2 aromatic heterocycles. The highest BCUT2D eigenvalue weighted by Crippen LogP contribution is 2.30. The maximum Gasteiger partial charge on any atom is 0.296 e. The minimum absolute atomic E-state index is 0.0469. The number of alkyl halides is 2. The van der Waals surface area contributed by atoms with E-state index in [0.29, 0.717) is 82.7 Å². The van der Waals surface area contributed by atoms with Crippen molar-refractivity contribution in [2.45, 2.75) is 25.4 Å². The number of aromatic nitrogens is 4. The van der Waals surface area contributed by atoms with Gasteiger partial charge in [0.1, 0.15) is 11.9 Å². The monoisotopic (exact) mass is 571 g/mol. The average molecular weight is 572 g/mol. The van der Waals surface area contributed by atoms with Gasteiger partial charge in [-0.2, -0.15) is 9.97 Å². The van der Waals surface area contributed by atoms with Crippen LogP contribution in [0.15, 0.2) is 30.3 Å². The molecular weight excluding hydrogens is 540 g/mol. The van der Waals surface area contributed by atoms with Gasteiger partial charge in [-0.3, -0.25) is 14.2 Å². The first-order valence-corrected chi connectivity index (χ1v) is 13.7. The SMILES string of the molecule is O=C(CCC(=O)N1CC(Oc2cc(-n3c(C(F)F)nc4ccccc43)nc(N3CCOCC3)n2)C1)N1CCOCC1. The third kappa shape index (κ3) is 5.93. The standard InChI is InChI=1S/C27H31F2N7O5/c28-25(29)26-30-19-3-1-2-4-20(19)36(26)21-15-22(32-27(31-21)34-9-13-40-14-10-34)41-18-16-35(17-18)24(38)6-5-23(37)33-7-11-39-12-8-33/h1-4,15,18,25H,5-14,16-17H2. The van der Waals surface area contributed by atoms with Crippen molar-refractivity contribution in [1.29, 1.82) is 0 Å². The Labute approximate surface area is 234 Å². The first kappa shape index (κ1) is 27.3. The van der Waals surface area contributed by atoms with Crippen LogP contribution < -0.4 is 9.64 Å². The van der Waals surface area contributed by atoms with E-state index in [2.05, 4.69) is 15.0 Å². The number of fused-ring (bicyclic) bond motifs is 1. The Balaban J connectivity index is 1.17. The highest BCUT2D eigenvalue weighted by Gasteiger charge is 2.33. The normalized spacial score (nSPS) is 18.2. The highest BCUT2D eigenvalue weighted by molar-refractivity contribution is 5.84. The molecule has 3 aliphatic rings. The fraction of sp³-hybridized carbons (Fsp3) is 0.519. The number of hydrogen-bond acceptors (Lipinski definition) is 9. The minimum Gasteiger partial charge on any atom is -0.470 e. The van der Waals surface area contributed by atoms with Crippen molar-refractivity contribution in [2.24, 2.45) is 0 Å². The van der Waals surface area contributed by atoms with Gasteiger partial charge in [0.15, 0.2) is 5.82 Å². The summed E-state index contributed by atoms with van der Waals surface area (Å²) in [6.07, 6.45) is -2.87. The molecule has 14 heteroatoms. The summed E-state index contributed by atoms with van der Waals surface area (Å²) in [5.41, 5.74) is 0.921. The minimum atomic E-state index is -2.82. The van der Waals surface area contributed by atoms with Gasteiger partial charge in [0.25, 0.3) is 6.43 Å². The number of likely N-dealkylation sites (tertiary alicyclic amines) is 1. The van der Waals surface area contributed by atoms with Crippen molar-refractivity contribution in [1.82, 2.24) is 29.3 Å². The molecule has 0 aliphatic carbocycles. The fourth-order valence-corrected chi connectivity index (χ4v) is 5.14. The van der Waals surface area contributed by atoms with Gasteiger partial charge in [-0.25, -0.2) is 13.8 Å². The summed E-state index contributed by atoms with van der Waals surface area (Å²) in [6.45, 7) is 4.89. The summed E-state index contributed by atoms with van der Waals surface area (Å²) in [5, 5.41) is 0. The lowest BCUT2D eigenvalue weighted by Gasteiger charge is -2.39. The molecule has 3 fully saturated rings. The van der Waals surface area contributed by atoms with Crippen LogP contribution >= 0.6 is 0 Å². The van der Waals surface area contributed by atoms with Gasteiger partial charge in [0.05, 0.1) is 50.6 Å². The van der Waals surface area contributed by atoms with Gasteiger partial charge in [0, 0.05) is 45.1 Å². The van der Waals surface area contributed by atoms with Crippen LogP contribution in [-0.2, 0) is 19.1 Å². The van der Waals surface area contributed by atoms with Crippen LogP contribution in [0.4, 0.5) is 14.7 Å². The molecule has 3 aliphatic heterocycles. The van der Waals surface area contributed by atoms with Gasteiger partial charge in [0.2, 0.25) is 23.6 Å². The van der Waals surface area contributed by atoms with Crippen molar-refractivity contribution >= 4 is 28.8 Å². The quantitative estimate of drug-likeness (QED) is 0.399. The summed E-state index contributed by atoms with van der Waals surface area (Å²) in [5.74, 6) is 0.191. The van der Waals surface area contributed by atoms with Crippen LogP contribution in [0.5, 0.6) is 5.88 Å². The Hall–Kier alpha value is -3.91. The molecule has 5 heterocycles. The van der Waals surface area contributed by atoms with E-state index in [0.717, 1.165) is 0 Å². The molecule has 0 saturated carbocycles. The molecule has 0 spiro atoms. The highest BCUT2D eigenvalue weighted by atomic mass is 19.3. The van der Waals surface area contributed by atoms with E-state index in [4.69, 9.17) is 14.2 Å². The Morgan fingerprint density at radius 1 is 0.902 bits per heavy atom. The number of anilines is 1. The molecule has 1 aromatic carbocycles. The molecule has 0 N–H and O–H groups in total. The number of imidazole rings is 1. The zero-order valence-corrected chi connectivity index (χ0v) is 22.5. The largest absolute Gasteiger partial charge is 0.470 e. The van der Waals surface area contributed by atoms with Crippen LogP contribution in [0.1, 0.15) is 25.1 Å². The number of morpholine rings is 2. The van der Waals surface area contributed by atoms with E-state index in [9.17, 15) is 18.4 Å². The first-order chi connectivity index (χ1) is 20.0. The van der Waals surface area contributed by atoms with E-state index in [1.54, 1.807) is 34.1 Å². The number of ether oxygens (including phenoxy) is 3. The summed E-state index contributed by atoms with van der Waals surface area (Å²) >= 11 is 0. The number of amides is 2. The van der Waals surface area contributed by atoms with Crippen molar-refractivity contribution < 1.29 is 32.6 Å². The second kappa shape index (κ2) is 11.9. The van der Waals surface area contributed by atoms with Crippen molar-refractivity contribution in [3.8, 4) is 11.7 Å². The van der Waals surface area contributed by atoms with Crippen LogP contribution in [0.3, 0.4) is 0 Å². The molecule has 41 heavy (non-hydrogen) atoms. The molecule has 2 amide bonds. The van der Waals surface area contributed by atoms with E-state index in [-0.39, 0.29) is 42.5 Å². The van der Waals surface area contributed by atoms with Crippen LogP contribution in [0.25, 0.3) is 16.9 Å². The molecule has 218 valence electrons. The Morgan fingerprint density at radius 3 is 2.27 bits per heavy atom. The average Bonchev–Trinajstić information content (AvgIpc) is 3.38. The third-order valence-corrected chi connectivity index (χ3v) is 7.39. The summed E-state index contributed by atoms with van der Waals surface area (Å²) in [6, 6.07) is 8.41. The van der Waals surface area contributed by atoms with Crippen molar-refractivity contribution in [3.63, 3.8) is 0 Å². The predicted octanol–water partition coefficient (Wildman–Crippen LogP) is 1.82. The van der Waals surface area contributed by atoms with Crippen molar-refractivity contribution in [2.75, 3.05) is 70.6 Å². The second-order valence-electron chi connectivity index (χ2n) is 10.1. The Bertz CT molecular complexity index is 1400. The molecule has 3 aromatic rings. The smallest absolute Gasteiger partial charge is 0.296 e. The number of hydrogen-bond donors (Lipinski definition) is 0. The topological polar surface area (TPSA) is 115 Å². The number of carbonyl (C=O) groups is 2. The number of para-hydroxylation sites is 2. The van der Waals surface area contributed by atoms with Gasteiger partial charge in [-0.15, -0.1) is 0 Å². The van der Waals surface area contributed by atoms with Gasteiger partial charge >= 0.3 is 0 Å². The zero-order chi connectivity index (χ0) is 28.3. The third-order valence-electron chi connectivity index (χ3n) is 7.39. The Kier molecular flexibility index (Phi) is 7.92. The lowest BCUT2D eigenvalue weighted by atomic mass is 10.1. The van der Waals surface area contributed by atoms with Crippen LogP contribution in [-0.4, -0.2) is 113 Å². The number of benzene rings is 1. The second-order valence-corrected chi connectivity index (χ2v) is 10.1. The van der Waals surface area contributed by atoms with Crippen molar-refractivity contribution in [3.05, 3.63) is 36.2 Å². The van der Waals surface area contributed by atoms with E-state index in [1.165, 1.54) is 10.6 Å². The molecule has 12 nitrogen and oxygen atoms in total. The van der Waals surface area contributed by atoms with E-state index >= 15 is 0 Å². The molecular formula is C27H31F2N7O5. The van der Waals surface area contributed by atoms with Gasteiger partial charge < -0.3 is 28.9 Å². The zero-order valence-electron chi connectivity index (χ0n) is 22.5. The molecule has 6 rings (SSSR count). The number of rotatable bonds is 8. The molecule has 0 unspecified atom stereocenters. The van der Waals surface area contributed by atoms with E-state index < -0.39 is 12.2 Å². The number of nitrogens with zero attached hydrogens (tertiary/aromatic N) is 7. The fourth-order valence-electron chi connectivity index (χ4n) is 5.14. The summed E-state index contributed by atoms with van der Waals surface area (Å²) in [4.78, 5) is 43.7. The lowest BCUT2D eigenvalue weighted by molar-refractivity contribution is -0.144. The lowest BCUT2D eigenvalue weighted by Crippen LogP contribution is -2.56. The maximum atomic E-state index is 14.1. The Morgan fingerprint density at radius 2 is 1.56 bits per heavy atom. The molecule has 0 radical (unpaired) electrons. The summed E-state index contributed by atoms with van der Waals surface area (Å²) in [7, 11) is 0. The molecule has 3 saturated heterocycles. The summed E-state index contributed by atoms with van der Waals surface area (Å²) < 4.78 is 46.3. The maximum absolute atomic E-state index is 14.1. The molecule has 0 bridgehead atoms. The van der Waals surface area contributed by atoms with Gasteiger partial charge in [-0.1, -0.05) is 12.1 Å². The van der Waals surface area contributed by atoms with Gasteiger partial charge in [-0.05, 0) is 12.1 Å². The van der Waals surface area contributed by atoms with Crippen LogP contribution in [0.2, 0.25) is 0 Å².